The van der Waals surface area contributed by atoms with E-state index in [1.165, 1.54) is 121 Å². The summed E-state index contributed by atoms with van der Waals surface area (Å²) in [7, 11) is 0. The van der Waals surface area contributed by atoms with Crippen molar-refractivity contribution in [3.05, 3.63) is 35.9 Å². The minimum absolute atomic E-state index is 0.0356. The second-order valence-electron chi connectivity index (χ2n) is 11.6. The molecule has 0 atom stereocenters. The van der Waals surface area contributed by atoms with Gasteiger partial charge in [-0.25, -0.2) is 0 Å². The molecule has 210 valence electrons. The van der Waals surface area contributed by atoms with Crippen LogP contribution in [0.3, 0.4) is 0 Å². The van der Waals surface area contributed by atoms with Crippen molar-refractivity contribution in [3.63, 3.8) is 0 Å². The van der Waals surface area contributed by atoms with Crippen LogP contribution in [0.4, 0.5) is 0 Å². The summed E-state index contributed by atoms with van der Waals surface area (Å²) >= 11 is 0. The number of hydrogen-bond acceptors (Lipinski definition) is 2. The van der Waals surface area contributed by atoms with E-state index < -0.39 is 6.83 Å². The predicted molar refractivity (Wildman–Crippen MR) is 164 cm³/mol. The Balaban J connectivity index is 3.14. The van der Waals surface area contributed by atoms with Crippen molar-refractivity contribution in [2.75, 3.05) is 18.5 Å². The average Bonchev–Trinajstić information content (AvgIpc) is 2.86. The van der Waals surface area contributed by atoms with E-state index in [0.29, 0.717) is 0 Å². The molecule has 0 aromatic heterocycles. The summed E-state index contributed by atoms with van der Waals surface area (Å²) in [5, 5.41) is 0. The van der Waals surface area contributed by atoms with Gasteiger partial charge in [0.05, 0.1) is 0 Å². The van der Waals surface area contributed by atoms with Crippen LogP contribution in [-0.2, 0) is 15.5 Å². The fourth-order valence-electron chi connectivity index (χ4n) is 6.03. The molecule has 0 aliphatic heterocycles. The summed E-state index contributed by atoms with van der Waals surface area (Å²) in [6.07, 6.45) is 27.7. The molecule has 0 bridgehead atoms. The van der Waals surface area contributed by atoms with E-state index in [9.17, 15) is 4.79 Å². The van der Waals surface area contributed by atoms with Crippen LogP contribution < -0.4 is 0 Å². The van der Waals surface area contributed by atoms with Gasteiger partial charge >= 0.3 is 226 Å². The van der Waals surface area contributed by atoms with Gasteiger partial charge in [-0.05, 0) is 0 Å². The summed E-state index contributed by atoms with van der Waals surface area (Å²) < 4.78 is 6.80. The van der Waals surface area contributed by atoms with Crippen molar-refractivity contribution >= 4 is 12.8 Å². The van der Waals surface area contributed by atoms with Crippen molar-refractivity contribution in [1.29, 1.82) is 0 Å². The third-order valence-corrected chi connectivity index (χ3v) is 14.3. The molecule has 3 heteroatoms. The molecule has 1 aromatic rings. The van der Waals surface area contributed by atoms with Gasteiger partial charge in [0, 0.05) is 0 Å². The average molecular weight is 521 g/mol. The van der Waals surface area contributed by atoms with Gasteiger partial charge in [-0.15, -0.1) is 0 Å². The molecule has 2 nitrogen and oxygen atoms in total. The maximum atomic E-state index is 12.8. The number of carbonyl (C=O) groups is 1. The molecule has 36 heavy (non-hydrogen) atoms. The van der Waals surface area contributed by atoms with Gasteiger partial charge in [0.2, 0.25) is 0 Å². The third-order valence-electron chi connectivity index (χ3n) is 8.04. The van der Waals surface area contributed by atoms with E-state index >= 15 is 0 Å². The Morgan fingerprint density at radius 1 is 0.583 bits per heavy atom. The molecule has 0 spiro atoms. The van der Waals surface area contributed by atoms with Crippen molar-refractivity contribution in [1.82, 2.24) is 0 Å². The number of carbonyl (C=O) groups excluding carboxylic acids is 1. The number of hydrogen-bond donors (Lipinski definition) is 0. The molecule has 0 saturated carbocycles. The summed E-state index contributed by atoms with van der Waals surface area (Å²) in [5.41, 5.74) is 1.37. The molecule has 0 aliphatic rings. The molecule has 0 saturated heterocycles. The fourth-order valence-corrected chi connectivity index (χ4v) is 12.4. The zero-order chi connectivity index (χ0) is 26.4. The molecular weight excluding hydrogens is 459 g/mol. The van der Waals surface area contributed by atoms with Crippen LogP contribution in [0.25, 0.3) is 0 Å². The van der Waals surface area contributed by atoms with E-state index in [2.05, 4.69) is 51.1 Å². The molecular formula is C33H61O2P. The van der Waals surface area contributed by atoms with Gasteiger partial charge in [-0.3, -0.25) is 0 Å². The molecule has 0 fully saturated rings. The molecule has 0 aliphatic carbocycles. The van der Waals surface area contributed by atoms with Crippen LogP contribution in [0, 0.1) is 0 Å². The minimum atomic E-state index is -2.71. The second kappa shape index (κ2) is 20.1. The van der Waals surface area contributed by atoms with E-state index in [0.717, 1.165) is 24.6 Å². The molecule has 0 radical (unpaired) electrons. The fraction of sp³-hybridized carbons (Fsp3) is 0.788. The Hall–Kier alpha value is -0.880. The first-order valence-electron chi connectivity index (χ1n) is 15.7. The van der Waals surface area contributed by atoms with Crippen LogP contribution in [0.5, 0.6) is 0 Å². The zero-order valence-electron chi connectivity index (χ0n) is 24.7. The van der Waals surface area contributed by atoms with Crippen LogP contribution >= 0.6 is 6.83 Å². The van der Waals surface area contributed by atoms with Gasteiger partial charge < -0.3 is 0 Å². The number of rotatable bonds is 24. The molecule has 0 N–H and O–H groups in total. The monoisotopic (exact) mass is 520 g/mol. The van der Waals surface area contributed by atoms with Crippen molar-refractivity contribution in [3.8, 4) is 0 Å². The molecule has 1 rings (SSSR count). The van der Waals surface area contributed by atoms with E-state index in [1.54, 1.807) is 6.92 Å². The normalized spacial score (nSPS) is 12.8. The molecule has 0 heterocycles. The summed E-state index contributed by atoms with van der Waals surface area (Å²) in [6.45, 7) is 5.82. The van der Waals surface area contributed by atoms with Crippen molar-refractivity contribution in [2.45, 2.75) is 149 Å². The topological polar surface area (TPSA) is 26.3 Å². The van der Waals surface area contributed by atoms with Gasteiger partial charge in [0.25, 0.3) is 0 Å². The van der Waals surface area contributed by atoms with E-state index in [1.807, 2.05) is 0 Å². The third kappa shape index (κ3) is 14.2. The Labute approximate surface area is 225 Å². The van der Waals surface area contributed by atoms with Crippen LogP contribution in [0.15, 0.2) is 30.3 Å². The molecule has 0 unspecified atom stereocenters. The van der Waals surface area contributed by atoms with Crippen molar-refractivity contribution < 1.29 is 9.32 Å². The number of benzene rings is 1. The van der Waals surface area contributed by atoms with Gasteiger partial charge in [-0.2, -0.15) is 0 Å². The first kappa shape index (κ1) is 33.1. The van der Waals surface area contributed by atoms with Gasteiger partial charge in [-0.1, -0.05) is 0 Å². The summed E-state index contributed by atoms with van der Waals surface area (Å²) in [6, 6.07) is 11.0. The van der Waals surface area contributed by atoms with Crippen LogP contribution in [0.1, 0.15) is 149 Å². The first-order chi connectivity index (χ1) is 17.5. The first-order valence-corrected chi connectivity index (χ1v) is 18.6. The zero-order valence-corrected chi connectivity index (χ0v) is 25.6. The standard InChI is InChI=1S/C33H61O2P/c1-5-8-11-14-17-23-28-36(35-32(4)34,29-24-18-15-12-9-6-2,30-25-19-16-13-10-7-3)31-33-26-21-20-22-27-33/h20-22,26-27H,5-19,23-25,28-31H2,1-4H3. The Kier molecular flexibility index (Phi) is 18.5. The number of unbranched alkanes of at least 4 members (excludes halogenated alkanes) is 15. The van der Waals surface area contributed by atoms with E-state index in [4.69, 9.17) is 4.52 Å². The quantitative estimate of drug-likeness (QED) is 0.100. The summed E-state index contributed by atoms with van der Waals surface area (Å²) in [5.74, 6) is -0.0356. The maximum absolute atomic E-state index is 12.8. The van der Waals surface area contributed by atoms with Crippen molar-refractivity contribution in [2.24, 2.45) is 0 Å². The summed E-state index contributed by atoms with van der Waals surface area (Å²) in [4.78, 5) is 12.8. The SMILES string of the molecule is CCCCCCCCP(CCCCCCCC)(CCCCCCCC)(Cc1ccccc1)OC(C)=O. The Morgan fingerprint density at radius 3 is 1.31 bits per heavy atom. The van der Waals surface area contributed by atoms with Gasteiger partial charge in [0.1, 0.15) is 0 Å². The Morgan fingerprint density at radius 2 is 0.944 bits per heavy atom. The van der Waals surface area contributed by atoms with Gasteiger partial charge in [0.15, 0.2) is 0 Å². The predicted octanol–water partition coefficient (Wildman–Crippen LogP) is 11.3. The second-order valence-corrected chi connectivity index (χ2v) is 17.1. The molecule has 1 aromatic carbocycles. The molecule has 0 amide bonds. The van der Waals surface area contributed by atoms with E-state index in [-0.39, 0.29) is 5.97 Å². The Bertz CT molecular complexity index is 613. The van der Waals surface area contributed by atoms with Crippen LogP contribution in [0.2, 0.25) is 0 Å². The van der Waals surface area contributed by atoms with Crippen LogP contribution in [-0.4, -0.2) is 24.5 Å².